The third kappa shape index (κ3) is 5.58. The van der Waals surface area contributed by atoms with Crippen molar-refractivity contribution in [2.75, 3.05) is 11.9 Å². The van der Waals surface area contributed by atoms with Crippen LogP contribution in [0.4, 0.5) is 29.2 Å². The van der Waals surface area contributed by atoms with Crippen LogP contribution in [0.15, 0.2) is 30.5 Å². The Bertz CT molecular complexity index is 692. The van der Waals surface area contributed by atoms with Crippen LogP contribution in [0, 0.1) is 5.82 Å². The smallest absolute Gasteiger partial charge is 0.423 e. The number of hydrogen-bond acceptors (Lipinski definition) is 4. The normalized spacial score (nSPS) is 11.4. The van der Waals surface area contributed by atoms with Crippen molar-refractivity contribution in [1.82, 2.24) is 9.97 Å². The van der Waals surface area contributed by atoms with E-state index in [2.05, 4.69) is 15.3 Å². The van der Waals surface area contributed by atoms with E-state index >= 15 is 0 Å². The summed E-state index contributed by atoms with van der Waals surface area (Å²) in [5.74, 6) is -1.28. The number of benzene rings is 1. The molecule has 136 valence electrons. The minimum atomic E-state index is -4.63. The van der Waals surface area contributed by atoms with Crippen LogP contribution in [0.2, 0.25) is 0 Å². The first-order valence-corrected chi connectivity index (χ1v) is 8.00. The van der Waals surface area contributed by atoms with Crippen LogP contribution in [0.5, 0.6) is 5.88 Å². The number of alkyl halides is 3. The number of para-hydroxylation sites is 1. The quantitative estimate of drug-likeness (QED) is 0.512. The zero-order chi connectivity index (χ0) is 18.3. The Morgan fingerprint density at radius 3 is 2.56 bits per heavy atom. The number of unbranched alkanes of at least 4 members (excludes halogenated alkanes) is 3. The second-order valence-electron chi connectivity index (χ2n) is 5.42. The molecule has 1 aromatic heterocycles. The van der Waals surface area contributed by atoms with E-state index in [9.17, 15) is 17.6 Å². The predicted molar refractivity (Wildman–Crippen MR) is 86.4 cm³/mol. The lowest BCUT2D eigenvalue weighted by atomic mass is 10.2. The summed E-state index contributed by atoms with van der Waals surface area (Å²) in [5, 5.41) is 2.56. The molecule has 0 radical (unpaired) electrons. The van der Waals surface area contributed by atoms with Crippen molar-refractivity contribution in [3.8, 4) is 5.88 Å². The Labute approximate surface area is 143 Å². The van der Waals surface area contributed by atoms with E-state index < -0.39 is 23.4 Å². The second-order valence-corrected chi connectivity index (χ2v) is 5.42. The van der Waals surface area contributed by atoms with Gasteiger partial charge in [0.05, 0.1) is 12.3 Å². The topological polar surface area (TPSA) is 47.0 Å². The molecule has 0 saturated carbocycles. The van der Waals surface area contributed by atoms with Crippen molar-refractivity contribution in [3.63, 3.8) is 0 Å². The van der Waals surface area contributed by atoms with Gasteiger partial charge in [-0.1, -0.05) is 38.3 Å². The van der Waals surface area contributed by atoms with Crippen molar-refractivity contribution < 1.29 is 22.3 Å². The van der Waals surface area contributed by atoms with Gasteiger partial charge in [-0.15, -0.1) is 0 Å². The Morgan fingerprint density at radius 1 is 1.12 bits per heavy atom. The van der Waals surface area contributed by atoms with Crippen LogP contribution < -0.4 is 10.1 Å². The van der Waals surface area contributed by atoms with E-state index in [1.54, 1.807) is 6.07 Å². The SMILES string of the molecule is CCCCCCOc1nc(Nc2ccccc2F)ncc1C(F)(F)F. The molecular formula is C17H19F4N3O. The molecule has 0 saturated heterocycles. The molecule has 0 aliphatic rings. The maximum absolute atomic E-state index is 13.6. The van der Waals surface area contributed by atoms with E-state index in [0.717, 1.165) is 19.3 Å². The van der Waals surface area contributed by atoms with Gasteiger partial charge < -0.3 is 10.1 Å². The van der Waals surface area contributed by atoms with E-state index in [1.807, 2.05) is 6.92 Å². The molecule has 1 N–H and O–H groups in total. The maximum Gasteiger partial charge on any atom is 0.423 e. The Balaban J connectivity index is 2.17. The number of nitrogens with one attached hydrogen (secondary N) is 1. The zero-order valence-electron chi connectivity index (χ0n) is 13.7. The molecule has 2 rings (SSSR count). The summed E-state index contributed by atoms with van der Waals surface area (Å²) in [6, 6.07) is 5.73. The number of hydrogen-bond donors (Lipinski definition) is 1. The highest BCUT2D eigenvalue weighted by Gasteiger charge is 2.36. The number of rotatable bonds is 8. The van der Waals surface area contributed by atoms with Gasteiger partial charge in [0.15, 0.2) is 0 Å². The number of nitrogens with zero attached hydrogens (tertiary/aromatic N) is 2. The average molecular weight is 357 g/mol. The Hall–Kier alpha value is -2.38. The van der Waals surface area contributed by atoms with Crippen LogP contribution in [-0.4, -0.2) is 16.6 Å². The van der Waals surface area contributed by atoms with E-state index in [0.29, 0.717) is 12.6 Å². The highest BCUT2D eigenvalue weighted by molar-refractivity contribution is 5.54. The fourth-order valence-corrected chi connectivity index (χ4v) is 2.11. The highest BCUT2D eigenvalue weighted by atomic mass is 19.4. The molecule has 8 heteroatoms. The summed E-state index contributed by atoms with van der Waals surface area (Å²) in [4.78, 5) is 7.37. The standard InChI is InChI=1S/C17H19F4N3O/c1-2-3-4-7-10-25-15-12(17(19,20)21)11-22-16(24-15)23-14-9-6-5-8-13(14)18/h5-6,8-9,11H,2-4,7,10H2,1H3,(H,22,23,24). The minimum absolute atomic E-state index is 0.0659. The Morgan fingerprint density at radius 2 is 1.88 bits per heavy atom. The molecule has 4 nitrogen and oxygen atoms in total. The number of halogens is 4. The summed E-state index contributed by atoms with van der Waals surface area (Å²) in [6.07, 6.45) is -0.501. The summed E-state index contributed by atoms with van der Waals surface area (Å²) in [5.41, 5.74) is -0.988. The van der Waals surface area contributed by atoms with Crippen molar-refractivity contribution in [1.29, 1.82) is 0 Å². The highest BCUT2D eigenvalue weighted by Crippen LogP contribution is 2.35. The molecule has 25 heavy (non-hydrogen) atoms. The molecule has 0 amide bonds. The number of aromatic nitrogens is 2. The lowest BCUT2D eigenvalue weighted by Gasteiger charge is -2.14. The first-order chi connectivity index (χ1) is 11.9. The molecule has 2 aromatic rings. The average Bonchev–Trinajstić information content (AvgIpc) is 2.56. The molecule has 0 atom stereocenters. The zero-order valence-corrected chi connectivity index (χ0v) is 13.7. The summed E-state index contributed by atoms with van der Waals surface area (Å²) >= 11 is 0. The van der Waals surface area contributed by atoms with Gasteiger partial charge in [-0.25, -0.2) is 9.37 Å². The molecule has 0 fully saturated rings. The van der Waals surface area contributed by atoms with Gasteiger partial charge in [0.1, 0.15) is 11.4 Å². The largest absolute Gasteiger partial charge is 0.477 e. The molecule has 0 bridgehead atoms. The van der Waals surface area contributed by atoms with Crippen molar-refractivity contribution in [3.05, 3.63) is 41.8 Å². The molecule has 0 unspecified atom stereocenters. The molecule has 0 aliphatic heterocycles. The van der Waals surface area contributed by atoms with E-state index in [4.69, 9.17) is 4.74 Å². The molecule has 1 heterocycles. The van der Waals surface area contributed by atoms with Gasteiger partial charge in [0, 0.05) is 6.20 Å². The monoisotopic (exact) mass is 357 g/mol. The summed E-state index contributed by atoms with van der Waals surface area (Å²) < 4.78 is 58.0. The van der Waals surface area contributed by atoms with Gasteiger partial charge in [-0.3, -0.25) is 0 Å². The number of anilines is 2. The predicted octanol–water partition coefficient (Wildman–Crippen LogP) is 5.34. The molecular weight excluding hydrogens is 338 g/mol. The van der Waals surface area contributed by atoms with E-state index in [-0.39, 0.29) is 18.2 Å². The lowest BCUT2D eigenvalue weighted by molar-refractivity contribution is -0.139. The first kappa shape index (κ1) is 19.0. The van der Waals surface area contributed by atoms with Gasteiger partial charge in [0.2, 0.25) is 11.8 Å². The van der Waals surface area contributed by atoms with Crippen LogP contribution in [0.25, 0.3) is 0 Å². The Kier molecular flexibility index (Phi) is 6.55. The van der Waals surface area contributed by atoms with Gasteiger partial charge in [-0.05, 0) is 18.6 Å². The second kappa shape index (κ2) is 8.64. The van der Waals surface area contributed by atoms with Crippen LogP contribution in [0.3, 0.4) is 0 Å². The minimum Gasteiger partial charge on any atom is -0.477 e. The first-order valence-electron chi connectivity index (χ1n) is 8.00. The van der Waals surface area contributed by atoms with Crippen LogP contribution in [0.1, 0.15) is 38.2 Å². The van der Waals surface area contributed by atoms with Crippen molar-refractivity contribution in [2.24, 2.45) is 0 Å². The van der Waals surface area contributed by atoms with Crippen LogP contribution in [-0.2, 0) is 6.18 Å². The van der Waals surface area contributed by atoms with Crippen molar-refractivity contribution >= 4 is 11.6 Å². The van der Waals surface area contributed by atoms with E-state index in [1.165, 1.54) is 18.2 Å². The molecule has 1 aromatic carbocycles. The summed E-state index contributed by atoms with van der Waals surface area (Å²) in [7, 11) is 0. The third-order valence-electron chi connectivity index (χ3n) is 3.42. The van der Waals surface area contributed by atoms with Crippen molar-refractivity contribution in [2.45, 2.75) is 38.8 Å². The van der Waals surface area contributed by atoms with Gasteiger partial charge in [0.25, 0.3) is 0 Å². The molecule has 0 aliphatic carbocycles. The summed E-state index contributed by atoms with van der Waals surface area (Å²) in [6.45, 7) is 2.16. The number of ether oxygens (including phenoxy) is 1. The van der Waals surface area contributed by atoms with Crippen LogP contribution >= 0.6 is 0 Å². The molecule has 0 spiro atoms. The lowest BCUT2D eigenvalue weighted by Crippen LogP contribution is -2.13. The maximum atomic E-state index is 13.6. The van der Waals surface area contributed by atoms with Gasteiger partial charge >= 0.3 is 6.18 Å². The third-order valence-corrected chi connectivity index (χ3v) is 3.42. The fraction of sp³-hybridized carbons (Fsp3) is 0.412. The van der Waals surface area contributed by atoms with Gasteiger partial charge in [-0.2, -0.15) is 18.2 Å². The fourth-order valence-electron chi connectivity index (χ4n) is 2.11.